The van der Waals surface area contributed by atoms with Crippen LogP contribution in [0.3, 0.4) is 0 Å². The Labute approximate surface area is 148 Å². The van der Waals surface area contributed by atoms with Crippen molar-refractivity contribution in [1.29, 1.82) is 0 Å². The lowest BCUT2D eigenvalue weighted by atomic mass is 10.1. The minimum atomic E-state index is 0. The van der Waals surface area contributed by atoms with Gasteiger partial charge in [0, 0.05) is 25.2 Å². The van der Waals surface area contributed by atoms with Crippen molar-refractivity contribution in [3.05, 3.63) is 36.0 Å². The van der Waals surface area contributed by atoms with E-state index in [1.807, 2.05) is 25.2 Å². The lowest BCUT2D eigenvalue weighted by molar-refractivity contribution is 0.160. The highest BCUT2D eigenvalue weighted by Gasteiger charge is 2.26. The van der Waals surface area contributed by atoms with Crippen LogP contribution in [-0.2, 0) is 0 Å². The number of pyridine rings is 1. The van der Waals surface area contributed by atoms with Gasteiger partial charge in [0.15, 0.2) is 0 Å². The number of ether oxygens (including phenoxy) is 1. The first-order valence-corrected chi connectivity index (χ1v) is 7.91. The number of hydrogen-bond acceptors (Lipinski definition) is 4. The van der Waals surface area contributed by atoms with Gasteiger partial charge in [0.25, 0.3) is 0 Å². The first-order chi connectivity index (χ1) is 10.6. The Hall–Kier alpha value is -1.43. The maximum atomic E-state index is 6.27. The molecule has 3 rings (SSSR count). The van der Waals surface area contributed by atoms with Gasteiger partial charge in [-0.2, -0.15) is 0 Å². The molecule has 0 bridgehead atoms. The molecule has 6 heteroatoms. The molecule has 0 N–H and O–H groups in total. The first-order valence-electron chi connectivity index (χ1n) is 7.51. The minimum Gasteiger partial charge on any atom is -0.488 e. The van der Waals surface area contributed by atoms with Gasteiger partial charge in [-0.1, -0.05) is 18.3 Å². The van der Waals surface area contributed by atoms with Crippen molar-refractivity contribution in [2.24, 2.45) is 0 Å². The molecule has 2 heterocycles. The molecule has 1 aliphatic rings. The summed E-state index contributed by atoms with van der Waals surface area (Å²) in [6.45, 7) is 1.80. The van der Waals surface area contributed by atoms with Gasteiger partial charge in [-0.05, 0) is 38.7 Å². The molecule has 0 saturated heterocycles. The van der Waals surface area contributed by atoms with Crippen molar-refractivity contribution < 1.29 is 4.74 Å². The van der Waals surface area contributed by atoms with Crippen LogP contribution in [0.4, 0.5) is 0 Å². The third-order valence-electron chi connectivity index (χ3n) is 3.98. The predicted molar refractivity (Wildman–Crippen MR) is 101 cm³/mol. The van der Waals surface area contributed by atoms with Crippen LogP contribution >= 0.6 is 24.6 Å². The molecule has 1 aromatic carbocycles. The van der Waals surface area contributed by atoms with Gasteiger partial charge in [0.2, 0.25) is 0 Å². The Kier molecular flexibility index (Phi) is 5.79. The van der Waals surface area contributed by atoms with E-state index in [1.54, 1.807) is 6.20 Å². The van der Waals surface area contributed by atoms with E-state index in [2.05, 4.69) is 34.9 Å². The largest absolute Gasteiger partial charge is 0.488 e. The fourth-order valence-electron chi connectivity index (χ4n) is 2.80. The lowest BCUT2D eigenvalue weighted by Crippen LogP contribution is -2.35. The highest BCUT2D eigenvalue weighted by molar-refractivity contribution is 7.80. The van der Waals surface area contributed by atoms with Crippen molar-refractivity contribution in [3.8, 4) is 5.75 Å². The van der Waals surface area contributed by atoms with Crippen LogP contribution in [0.2, 0.25) is 0 Å². The molecule has 124 valence electrons. The van der Waals surface area contributed by atoms with Gasteiger partial charge in [-0.25, -0.2) is 0 Å². The number of hydrogen-bond donors (Lipinski definition) is 0. The fraction of sp³-hybridized carbons (Fsp3) is 0.412. The summed E-state index contributed by atoms with van der Waals surface area (Å²) in [5, 5.41) is 1.06. The zero-order chi connectivity index (χ0) is 15.7. The normalized spacial score (nSPS) is 17.5. The van der Waals surface area contributed by atoms with Crippen LogP contribution in [0.25, 0.3) is 10.9 Å². The molecule has 0 spiro atoms. The summed E-state index contributed by atoms with van der Waals surface area (Å²) in [6.07, 6.45) is 2.92. The van der Waals surface area contributed by atoms with Crippen molar-refractivity contribution in [2.45, 2.75) is 12.5 Å². The molecule has 1 unspecified atom stereocenters. The second-order valence-corrected chi connectivity index (χ2v) is 6.41. The fourth-order valence-corrected chi connectivity index (χ4v) is 3.08. The van der Waals surface area contributed by atoms with Crippen molar-refractivity contribution >= 4 is 40.5 Å². The predicted octanol–water partition coefficient (Wildman–Crippen LogP) is 2.98. The second-order valence-electron chi connectivity index (χ2n) is 6.03. The van der Waals surface area contributed by atoms with Crippen LogP contribution in [0.15, 0.2) is 30.5 Å². The van der Waals surface area contributed by atoms with Gasteiger partial charge >= 0.3 is 0 Å². The number of benzene rings is 1. The molecule has 0 radical (unpaired) electrons. The summed E-state index contributed by atoms with van der Waals surface area (Å²) in [5.41, 5.74) is 1.95. The molecule has 0 fully saturated rings. The number of thiocarbonyl (C=S) groups is 1. The topological polar surface area (TPSA) is 28.6 Å². The van der Waals surface area contributed by atoms with Crippen LogP contribution < -0.4 is 4.74 Å². The third kappa shape index (κ3) is 3.74. The summed E-state index contributed by atoms with van der Waals surface area (Å²) in [6, 6.07) is 8.01. The average Bonchev–Trinajstić information content (AvgIpc) is 2.63. The van der Waals surface area contributed by atoms with Gasteiger partial charge in [0.05, 0.1) is 17.6 Å². The maximum absolute atomic E-state index is 6.27. The van der Waals surface area contributed by atoms with E-state index in [0.717, 1.165) is 46.7 Å². The summed E-state index contributed by atoms with van der Waals surface area (Å²) in [5.74, 6) is 0.874. The highest BCUT2D eigenvalue weighted by atomic mass is 35.5. The molecule has 0 saturated carbocycles. The van der Waals surface area contributed by atoms with Crippen molar-refractivity contribution in [2.75, 3.05) is 34.2 Å². The van der Waals surface area contributed by atoms with Gasteiger partial charge in [-0.3, -0.25) is 4.98 Å². The number of likely N-dealkylation sites (N-methyl/N-ethyl adjacent to an activating group) is 1. The molecule has 1 aromatic heterocycles. The third-order valence-corrected chi connectivity index (χ3v) is 4.49. The molecule has 2 aromatic rings. The zero-order valence-electron chi connectivity index (χ0n) is 13.7. The van der Waals surface area contributed by atoms with Crippen LogP contribution in [0.5, 0.6) is 5.75 Å². The van der Waals surface area contributed by atoms with Gasteiger partial charge in [0.1, 0.15) is 16.8 Å². The molecular formula is C17H22ClN3OS. The Morgan fingerprint density at radius 1 is 1.35 bits per heavy atom. The molecule has 0 aliphatic carbocycles. The molecular weight excluding hydrogens is 330 g/mol. The standard InChI is InChI=1S/C17H21N3OS.ClH/c1-19(2)10-8-12-11-20(3)17(22)16-13-5-4-9-18-14(13)6-7-15(16)21-12;/h4-7,9,12H,8,10-11H2,1-3H3;1H. The Morgan fingerprint density at radius 3 is 2.87 bits per heavy atom. The summed E-state index contributed by atoms with van der Waals surface area (Å²) in [4.78, 5) is 9.55. The van der Waals surface area contributed by atoms with Gasteiger partial charge < -0.3 is 14.5 Å². The van der Waals surface area contributed by atoms with Crippen LogP contribution in [0.1, 0.15) is 12.0 Å². The van der Waals surface area contributed by atoms with Crippen LogP contribution in [-0.4, -0.2) is 60.1 Å². The summed E-state index contributed by atoms with van der Waals surface area (Å²) >= 11 is 5.69. The second kappa shape index (κ2) is 7.43. The van der Waals surface area contributed by atoms with E-state index < -0.39 is 0 Å². The number of aromatic nitrogens is 1. The van der Waals surface area contributed by atoms with E-state index >= 15 is 0 Å². The van der Waals surface area contributed by atoms with Crippen molar-refractivity contribution in [1.82, 2.24) is 14.8 Å². The minimum absolute atomic E-state index is 0. The van der Waals surface area contributed by atoms with Gasteiger partial charge in [-0.15, -0.1) is 12.4 Å². The number of fused-ring (bicyclic) bond motifs is 3. The Balaban J connectivity index is 0.00000192. The monoisotopic (exact) mass is 351 g/mol. The Bertz CT molecular complexity index is 707. The maximum Gasteiger partial charge on any atom is 0.130 e. The molecule has 0 amide bonds. The van der Waals surface area contributed by atoms with E-state index in [1.165, 1.54) is 0 Å². The summed E-state index contributed by atoms with van der Waals surface area (Å²) in [7, 11) is 6.20. The Morgan fingerprint density at radius 2 is 2.13 bits per heavy atom. The molecule has 1 aliphatic heterocycles. The highest BCUT2D eigenvalue weighted by Crippen LogP contribution is 2.32. The van der Waals surface area contributed by atoms with E-state index in [0.29, 0.717) is 0 Å². The van der Waals surface area contributed by atoms with E-state index in [-0.39, 0.29) is 18.5 Å². The molecule has 4 nitrogen and oxygen atoms in total. The molecule has 23 heavy (non-hydrogen) atoms. The number of nitrogens with zero attached hydrogens (tertiary/aromatic N) is 3. The quantitative estimate of drug-likeness (QED) is 0.793. The van der Waals surface area contributed by atoms with Crippen LogP contribution in [0, 0.1) is 0 Å². The molecule has 1 atom stereocenters. The number of rotatable bonds is 3. The summed E-state index contributed by atoms with van der Waals surface area (Å²) < 4.78 is 6.27. The zero-order valence-corrected chi connectivity index (χ0v) is 15.3. The van der Waals surface area contributed by atoms with E-state index in [4.69, 9.17) is 17.0 Å². The number of halogens is 1. The van der Waals surface area contributed by atoms with Crippen molar-refractivity contribution in [3.63, 3.8) is 0 Å². The average molecular weight is 352 g/mol. The first kappa shape index (κ1) is 17.9. The van der Waals surface area contributed by atoms with E-state index in [9.17, 15) is 0 Å². The SMILES string of the molecule is CN(C)CCC1CN(C)C(=S)c2c(ccc3ncccc23)O1.Cl. The lowest BCUT2D eigenvalue weighted by Gasteiger charge is -2.23. The smallest absolute Gasteiger partial charge is 0.130 e.